The summed E-state index contributed by atoms with van der Waals surface area (Å²) in [4.78, 5) is 17.0. The van der Waals surface area contributed by atoms with Crippen LogP contribution in [-0.2, 0) is 40.7 Å². The molecule has 4 aromatic rings. The van der Waals surface area contributed by atoms with Crippen LogP contribution in [0, 0.1) is 0 Å². The first-order chi connectivity index (χ1) is 17.3. The van der Waals surface area contributed by atoms with E-state index in [4.69, 9.17) is 23.2 Å². The molecule has 0 aliphatic carbocycles. The highest BCUT2D eigenvalue weighted by atomic mass is 35.5. The number of pyridine rings is 1. The van der Waals surface area contributed by atoms with Gasteiger partial charge in [0.25, 0.3) is 0 Å². The number of carbonyl (C=O) groups is 1. The molecule has 0 fully saturated rings. The van der Waals surface area contributed by atoms with Gasteiger partial charge in [0.1, 0.15) is 5.78 Å². The van der Waals surface area contributed by atoms with Gasteiger partial charge in [-0.2, -0.15) is 4.31 Å². The molecule has 0 N–H and O–H groups in total. The minimum Gasteiger partial charge on any atom is -0.299 e. The van der Waals surface area contributed by atoms with E-state index in [1.54, 1.807) is 42.6 Å². The SMILES string of the molecule is O=C(Cc1ccc(CN(Cc2ccccn2)S(=O)(=O)c2ccc(Cl)cc2)cc1)Cc1cccc(Cl)c1. The highest BCUT2D eigenvalue weighted by Crippen LogP contribution is 2.23. The lowest BCUT2D eigenvalue weighted by Gasteiger charge is -2.22. The fourth-order valence-corrected chi connectivity index (χ4v) is 5.52. The summed E-state index contributed by atoms with van der Waals surface area (Å²) >= 11 is 12.0. The zero-order chi connectivity index (χ0) is 25.5. The van der Waals surface area contributed by atoms with E-state index in [1.807, 2.05) is 42.5 Å². The minimum atomic E-state index is -3.81. The maximum absolute atomic E-state index is 13.5. The molecule has 1 aromatic heterocycles. The van der Waals surface area contributed by atoms with Crippen LogP contribution in [0.15, 0.2) is 102 Å². The van der Waals surface area contributed by atoms with Crippen molar-refractivity contribution in [2.45, 2.75) is 30.8 Å². The van der Waals surface area contributed by atoms with Crippen molar-refractivity contribution in [2.75, 3.05) is 0 Å². The standard InChI is InChI=1S/C28H24Cl2N2O3S/c29-24-11-13-28(14-12-24)36(34,35)32(20-26-6-1-2-15-31-26)19-22-9-7-21(8-10-22)17-27(33)18-23-4-3-5-25(30)16-23/h1-16H,17-20H2. The molecule has 0 unspecified atom stereocenters. The van der Waals surface area contributed by atoms with Gasteiger partial charge in [-0.25, -0.2) is 8.42 Å². The fourth-order valence-electron chi connectivity index (χ4n) is 3.78. The maximum Gasteiger partial charge on any atom is 0.243 e. The van der Waals surface area contributed by atoms with Gasteiger partial charge in [0.2, 0.25) is 10.0 Å². The van der Waals surface area contributed by atoms with E-state index in [0.717, 1.165) is 16.7 Å². The molecule has 1 heterocycles. The van der Waals surface area contributed by atoms with Crippen molar-refractivity contribution >= 4 is 39.0 Å². The van der Waals surface area contributed by atoms with E-state index < -0.39 is 10.0 Å². The number of benzene rings is 3. The molecule has 4 rings (SSSR count). The summed E-state index contributed by atoms with van der Waals surface area (Å²) in [5.74, 6) is 0.0760. The zero-order valence-electron chi connectivity index (χ0n) is 19.3. The first-order valence-electron chi connectivity index (χ1n) is 11.3. The molecule has 0 saturated heterocycles. The van der Waals surface area contributed by atoms with Crippen LogP contribution in [0.5, 0.6) is 0 Å². The predicted octanol–water partition coefficient (Wildman–Crippen LogP) is 6.13. The van der Waals surface area contributed by atoms with Crippen molar-refractivity contribution < 1.29 is 13.2 Å². The first kappa shape index (κ1) is 26.0. The summed E-state index contributed by atoms with van der Waals surface area (Å²) in [6.45, 7) is 0.268. The molecular formula is C28H24Cl2N2O3S. The molecule has 0 aliphatic rings. The van der Waals surface area contributed by atoms with Crippen molar-refractivity contribution in [3.8, 4) is 0 Å². The molecule has 0 amide bonds. The van der Waals surface area contributed by atoms with E-state index in [0.29, 0.717) is 22.2 Å². The number of rotatable bonds is 10. The molecule has 36 heavy (non-hydrogen) atoms. The Morgan fingerprint density at radius 1 is 0.722 bits per heavy atom. The molecule has 5 nitrogen and oxygen atoms in total. The second-order valence-corrected chi connectivity index (χ2v) is 11.2. The summed E-state index contributed by atoms with van der Waals surface area (Å²) < 4.78 is 28.3. The van der Waals surface area contributed by atoms with Crippen LogP contribution in [0.2, 0.25) is 10.0 Å². The van der Waals surface area contributed by atoms with Crippen molar-refractivity contribution in [2.24, 2.45) is 0 Å². The third kappa shape index (κ3) is 7.02. The molecule has 0 bridgehead atoms. The number of aromatic nitrogens is 1. The fraction of sp³-hybridized carbons (Fsp3) is 0.143. The van der Waals surface area contributed by atoms with Crippen LogP contribution >= 0.6 is 23.2 Å². The van der Waals surface area contributed by atoms with Crippen LogP contribution in [0.4, 0.5) is 0 Å². The van der Waals surface area contributed by atoms with E-state index in [-0.39, 0.29) is 30.2 Å². The Morgan fingerprint density at radius 2 is 1.42 bits per heavy atom. The molecule has 0 radical (unpaired) electrons. The van der Waals surface area contributed by atoms with E-state index in [2.05, 4.69) is 4.98 Å². The molecule has 0 saturated carbocycles. The molecule has 8 heteroatoms. The number of ketones is 1. The summed E-state index contributed by atoms with van der Waals surface area (Å²) in [5.41, 5.74) is 3.18. The first-order valence-corrected chi connectivity index (χ1v) is 13.5. The molecular weight excluding hydrogens is 515 g/mol. The van der Waals surface area contributed by atoms with Crippen molar-refractivity contribution in [1.82, 2.24) is 9.29 Å². The smallest absolute Gasteiger partial charge is 0.243 e. The third-order valence-corrected chi connectivity index (χ3v) is 7.88. The van der Waals surface area contributed by atoms with Crippen LogP contribution < -0.4 is 0 Å². The average Bonchev–Trinajstić information content (AvgIpc) is 2.85. The van der Waals surface area contributed by atoms with Gasteiger partial charge in [0, 0.05) is 35.6 Å². The number of hydrogen-bond acceptors (Lipinski definition) is 4. The molecule has 3 aromatic carbocycles. The van der Waals surface area contributed by atoms with E-state index >= 15 is 0 Å². The Hall–Kier alpha value is -3.03. The third-order valence-electron chi connectivity index (χ3n) is 5.59. The van der Waals surface area contributed by atoms with Crippen LogP contribution in [0.3, 0.4) is 0 Å². The van der Waals surface area contributed by atoms with Crippen LogP contribution in [0.1, 0.15) is 22.4 Å². The van der Waals surface area contributed by atoms with Gasteiger partial charge in [-0.05, 0) is 65.2 Å². The number of carbonyl (C=O) groups excluding carboxylic acids is 1. The second-order valence-electron chi connectivity index (χ2n) is 8.39. The number of nitrogens with zero attached hydrogens (tertiary/aromatic N) is 2. The number of halogens is 2. The highest BCUT2D eigenvalue weighted by molar-refractivity contribution is 7.89. The number of sulfonamides is 1. The zero-order valence-corrected chi connectivity index (χ0v) is 21.7. The lowest BCUT2D eigenvalue weighted by molar-refractivity contribution is -0.117. The van der Waals surface area contributed by atoms with Gasteiger partial charge in [-0.1, -0.05) is 65.7 Å². The van der Waals surface area contributed by atoms with Gasteiger partial charge in [0.05, 0.1) is 17.1 Å². The van der Waals surface area contributed by atoms with Crippen molar-refractivity contribution in [1.29, 1.82) is 0 Å². The van der Waals surface area contributed by atoms with Crippen LogP contribution in [0.25, 0.3) is 0 Å². The van der Waals surface area contributed by atoms with Crippen LogP contribution in [-0.4, -0.2) is 23.5 Å². The summed E-state index contributed by atoms with van der Waals surface area (Å²) in [6.07, 6.45) is 2.23. The Morgan fingerprint density at radius 3 is 2.08 bits per heavy atom. The van der Waals surface area contributed by atoms with Crippen molar-refractivity contribution in [3.63, 3.8) is 0 Å². The Labute approximate surface area is 221 Å². The summed E-state index contributed by atoms with van der Waals surface area (Å²) in [5, 5.41) is 1.07. The molecule has 0 spiro atoms. The largest absolute Gasteiger partial charge is 0.299 e. The van der Waals surface area contributed by atoms with Crippen molar-refractivity contribution in [3.05, 3.63) is 130 Å². The van der Waals surface area contributed by atoms with Gasteiger partial charge < -0.3 is 0 Å². The van der Waals surface area contributed by atoms with E-state index in [9.17, 15) is 13.2 Å². The number of hydrogen-bond donors (Lipinski definition) is 0. The normalized spacial score (nSPS) is 11.5. The maximum atomic E-state index is 13.5. The molecule has 0 atom stereocenters. The Balaban J connectivity index is 1.49. The topological polar surface area (TPSA) is 67.3 Å². The van der Waals surface area contributed by atoms with Gasteiger partial charge in [-0.15, -0.1) is 0 Å². The predicted molar refractivity (Wildman–Crippen MR) is 142 cm³/mol. The minimum absolute atomic E-state index is 0.0760. The second kappa shape index (κ2) is 11.8. The lowest BCUT2D eigenvalue weighted by atomic mass is 10.0. The Bertz CT molecular complexity index is 1430. The van der Waals surface area contributed by atoms with Gasteiger partial charge >= 0.3 is 0 Å². The van der Waals surface area contributed by atoms with E-state index in [1.165, 1.54) is 16.4 Å². The van der Waals surface area contributed by atoms with Gasteiger partial charge in [0.15, 0.2) is 0 Å². The highest BCUT2D eigenvalue weighted by Gasteiger charge is 2.25. The quantitative estimate of drug-likeness (QED) is 0.243. The monoisotopic (exact) mass is 538 g/mol. The average molecular weight is 539 g/mol. The molecule has 184 valence electrons. The Kier molecular flexibility index (Phi) is 8.54. The number of Topliss-reactive ketones (excluding diaryl/α,β-unsaturated/α-hetero) is 1. The molecule has 0 aliphatic heterocycles. The van der Waals surface area contributed by atoms with Gasteiger partial charge in [-0.3, -0.25) is 9.78 Å². The summed E-state index contributed by atoms with van der Waals surface area (Å²) in [6, 6.07) is 26.2. The summed E-state index contributed by atoms with van der Waals surface area (Å²) in [7, 11) is -3.81. The lowest BCUT2D eigenvalue weighted by Crippen LogP contribution is -2.30.